The van der Waals surface area contributed by atoms with Gasteiger partial charge in [0.05, 0.1) is 17.3 Å². The number of hydrogen-bond donors (Lipinski definition) is 2. The Morgan fingerprint density at radius 1 is 1.17 bits per heavy atom. The number of rotatable bonds is 5. The molecule has 2 N–H and O–H groups in total. The fourth-order valence-electron chi connectivity index (χ4n) is 2.08. The van der Waals surface area contributed by atoms with Crippen molar-refractivity contribution in [3.8, 4) is 0 Å². The van der Waals surface area contributed by atoms with Crippen LogP contribution in [0.25, 0.3) is 0 Å². The highest BCUT2D eigenvalue weighted by molar-refractivity contribution is 6.30. The molecule has 0 radical (unpaired) electrons. The number of halogens is 1. The fourth-order valence-corrected chi connectivity index (χ4v) is 2.20. The number of hydrogen-bond acceptors (Lipinski definition) is 3. The summed E-state index contributed by atoms with van der Waals surface area (Å²) in [5.41, 5.74) is -0.719. The van der Waals surface area contributed by atoms with Crippen molar-refractivity contribution in [2.24, 2.45) is 0 Å². The molecule has 0 spiro atoms. The zero-order chi connectivity index (χ0) is 18.1. The Hall–Kier alpha value is -2.34. The predicted molar refractivity (Wildman–Crippen MR) is 92.3 cm³/mol. The third-order valence-corrected chi connectivity index (χ3v) is 4.32. The minimum Gasteiger partial charge on any atom is -0.479 e. The summed E-state index contributed by atoms with van der Waals surface area (Å²) >= 11 is 5.88. The molecule has 2 rings (SSSR count). The molecule has 7 heteroatoms. The second-order valence-electron chi connectivity index (χ2n) is 6.62. The van der Waals surface area contributed by atoms with E-state index in [0.29, 0.717) is 10.7 Å². The molecule has 0 saturated carbocycles. The quantitative estimate of drug-likeness (QED) is 0.867. The molecule has 1 heterocycles. The van der Waals surface area contributed by atoms with Crippen molar-refractivity contribution in [1.82, 2.24) is 9.78 Å². The molecule has 128 valence electrons. The Kier molecular flexibility index (Phi) is 4.71. The summed E-state index contributed by atoms with van der Waals surface area (Å²) in [6.45, 7) is 6.67. The number of carboxylic acids is 1. The zero-order valence-electron chi connectivity index (χ0n) is 14.0. The summed E-state index contributed by atoms with van der Waals surface area (Å²) in [4.78, 5) is 23.9. The predicted octanol–water partition coefficient (Wildman–Crippen LogP) is 3.27. The van der Waals surface area contributed by atoms with Gasteiger partial charge in [0.15, 0.2) is 5.54 Å². The van der Waals surface area contributed by atoms with E-state index < -0.39 is 16.9 Å². The molecule has 1 aromatic heterocycles. The first kappa shape index (κ1) is 18.0. The SMILES string of the molecule is CC(C)(C(=O)Nc1cnn(C(C)(C)C(=O)O)c1)c1ccc(Cl)cc1. The van der Waals surface area contributed by atoms with Crippen LogP contribution < -0.4 is 5.32 Å². The van der Waals surface area contributed by atoms with Gasteiger partial charge in [-0.25, -0.2) is 4.79 Å². The Bertz CT molecular complexity index is 764. The van der Waals surface area contributed by atoms with Crippen LogP contribution in [0.15, 0.2) is 36.7 Å². The largest absolute Gasteiger partial charge is 0.479 e. The average molecular weight is 350 g/mol. The first-order chi connectivity index (χ1) is 11.0. The number of amides is 1. The van der Waals surface area contributed by atoms with Gasteiger partial charge in [-0.05, 0) is 45.4 Å². The lowest BCUT2D eigenvalue weighted by atomic mass is 9.84. The van der Waals surface area contributed by atoms with Crippen molar-refractivity contribution in [3.63, 3.8) is 0 Å². The van der Waals surface area contributed by atoms with Gasteiger partial charge in [-0.3, -0.25) is 9.48 Å². The minimum absolute atomic E-state index is 0.225. The van der Waals surface area contributed by atoms with Crippen LogP contribution in [0.3, 0.4) is 0 Å². The van der Waals surface area contributed by atoms with Gasteiger partial charge in [0.25, 0.3) is 0 Å². The molecule has 2 aromatic rings. The highest BCUT2D eigenvalue weighted by Gasteiger charge is 2.32. The van der Waals surface area contributed by atoms with Crippen molar-refractivity contribution in [2.45, 2.75) is 38.6 Å². The fraction of sp³-hybridized carbons (Fsp3) is 0.353. The van der Waals surface area contributed by atoms with E-state index >= 15 is 0 Å². The van der Waals surface area contributed by atoms with Crippen molar-refractivity contribution < 1.29 is 14.7 Å². The standard InChI is InChI=1S/C17H20ClN3O3/c1-16(2,11-5-7-12(18)8-6-11)14(22)20-13-9-19-21(10-13)17(3,4)15(23)24/h5-10H,1-4H3,(H,20,22)(H,23,24). The van der Waals surface area contributed by atoms with Crippen molar-refractivity contribution in [3.05, 3.63) is 47.2 Å². The van der Waals surface area contributed by atoms with Gasteiger partial charge < -0.3 is 10.4 Å². The Labute approximate surface area is 145 Å². The summed E-state index contributed by atoms with van der Waals surface area (Å²) in [6.07, 6.45) is 2.94. The molecule has 0 unspecified atom stereocenters. The number of benzene rings is 1. The highest BCUT2D eigenvalue weighted by Crippen LogP contribution is 2.27. The van der Waals surface area contributed by atoms with E-state index in [0.717, 1.165) is 5.56 Å². The number of aromatic nitrogens is 2. The maximum atomic E-state index is 12.6. The molecule has 0 aliphatic rings. The highest BCUT2D eigenvalue weighted by atomic mass is 35.5. The van der Waals surface area contributed by atoms with Gasteiger partial charge in [-0.1, -0.05) is 23.7 Å². The Morgan fingerprint density at radius 3 is 2.29 bits per heavy atom. The first-order valence-electron chi connectivity index (χ1n) is 7.41. The molecule has 0 atom stereocenters. The number of anilines is 1. The van der Waals surface area contributed by atoms with E-state index in [1.165, 1.54) is 30.9 Å². The van der Waals surface area contributed by atoms with Gasteiger partial charge in [0.2, 0.25) is 5.91 Å². The van der Waals surface area contributed by atoms with Crippen LogP contribution in [-0.2, 0) is 20.5 Å². The van der Waals surface area contributed by atoms with E-state index in [4.69, 9.17) is 11.6 Å². The van der Waals surface area contributed by atoms with Gasteiger partial charge >= 0.3 is 5.97 Å². The number of carbonyl (C=O) groups excluding carboxylic acids is 1. The van der Waals surface area contributed by atoms with Gasteiger partial charge in [-0.15, -0.1) is 0 Å². The topological polar surface area (TPSA) is 84.2 Å². The number of carboxylic acid groups (broad SMARTS) is 1. The minimum atomic E-state index is -1.20. The molecule has 0 bridgehead atoms. The summed E-state index contributed by atoms with van der Waals surface area (Å²) in [5.74, 6) is -1.23. The van der Waals surface area contributed by atoms with Crippen LogP contribution in [0.5, 0.6) is 0 Å². The van der Waals surface area contributed by atoms with Gasteiger partial charge in [0, 0.05) is 11.2 Å². The normalized spacial score (nSPS) is 12.0. The van der Waals surface area contributed by atoms with E-state index in [9.17, 15) is 14.7 Å². The van der Waals surface area contributed by atoms with Crippen LogP contribution in [0, 0.1) is 0 Å². The molecule has 6 nitrogen and oxygen atoms in total. The molecular weight excluding hydrogens is 330 g/mol. The third kappa shape index (κ3) is 3.43. The second kappa shape index (κ2) is 6.28. The van der Waals surface area contributed by atoms with Crippen molar-refractivity contribution in [1.29, 1.82) is 0 Å². The Balaban J connectivity index is 2.19. The smallest absolute Gasteiger partial charge is 0.331 e. The van der Waals surface area contributed by atoms with Crippen LogP contribution >= 0.6 is 11.6 Å². The van der Waals surface area contributed by atoms with E-state index in [1.54, 1.807) is 38.1 Å². The van der Waals surface area contributed by atoms with Crippen LogP contribution in [-0.4, -0.2) is 26.8 Å². The monoisotopic (exact) mass is 349 g/mol. The summed E-state index contributed by atoms with van der Waals surface area (Å²) < 4.78 is 1.31. The Morgan fingerprint density at radius 2 is 1.75 bits per heavy atom. The first-order valence-corrected chi connectivity index (χ1v) is 7.79. The maximum absolute atomic E-state index is 12.6. The zero-order valence-corrected chi connectivity index (χ0v) is 14.8. The van der Waals surface area contributed by atoms with Crippen molar-refractivity contribution in [2.75, 3.05) is 5.32 Å². The molecule has 0 aliphatic carbocycles. The molecule has 0 fully saturated rings. The maximum Gasteiger partial charge on any atom is 0.331 e. The summed E-state index contributed by atoms with van der Waals surface area (Å²) in [7, 11) is 0. The van der Waals surface area contributed by atoms with Crippen LogP contribution in [0.4, 0.5) is 5.69 Å². The van der Waals surface area contributed by atoms with E-state index in [1.807, 2.05) is 0 Å². The van der Waals surface area contributed by atoms with Crippen LogP contribution in [0.1, 0.15) is 33.3 Å². The van der Waals surface area contributed by atoms with Gasteiger partial charge in [0.1, 0.15) is 0 Å². The second-order valence-corrected chi connectivity index (χ2v) is 7.06. The molecule has 0 saturated heterocycles. The van der Waals surface area contributed by atoms with E-state index in [2.05, 4.69) is 10.4 Å². The van der Waals surface area contributed by atoms with Gasteiger partial charge in [-0.2, -0.15) is 5.10 Å². The molecule has 24 heavy (non-hydrogen) atoms. The summed E-state index contributed by atoms with van der Waals surface area (Å²) in [6, 6.07) is 7.08. The lowest BCUT2D eigenvalue weighted by Crippen LogP contribution is -2.36. The number of aliphatic carboxylic acids is 1. The van der Waals surface area contributed by atoms with Crippen molar-refractivity contribution >= 4 is 29.2 Å². The lowest BCUT2D eigenvalue weighted by molar-refractivity contribution is -0.146. The average Bonchev–Trinajstić information content (AvgIpc) is 2.96. The lowest BCUT2D eigenvalue weighted by Gasteiger charge is -2.24. The van der Waals surface area contributed by atoms with E-state index in [-0.39, 0.29) is 5.91 Å². The molecular formula is C17H20ClN3O3. The molecule has 1 amide bonds. The molecule has 1 aromatic carbocycles. The number of nitrogens with one attached hydrogen (secondary N) is 1. The summed E-state index contributed by atoms with van der Waals surface area (Å²) in [5, 5.41) is 16.6. The molecule has 0 aliphatic heterocycles. The third-order valence-electron chi connectivity index (χ3n) is 4.07. The number of carbonyl (C=O) groups is 2. The van der Waals surface area contributed by atoms with Crippen LogP contribution in [0.2, 0.25) is 5.02 Å². The number of nitrogens with zero attached hydrogens (tertiary/aromatic N) is 2.